The second kappa shape index (κ2) is 14.4. The van der Waals surface area contributed by atoms with Gasteiger partial charge in [0.2, 0.25) is 0 Å². The molecule has 0 aliphatic heterocycles. The number of hydrogen-bond donors (Lipinski definition) is 2. The third-order valence-electron chi connectivity index (χ3n) is 2.83. The first-order chi connectivity index (χ1) is 10.8. The molecule has 7 heteroatoms. The van der Waals surface area contributed by atoms with Crippen LogP contribution in [0.3, 0.4) is 0 Å². The minimum atomic E-state index is 0. The number of benzene rings is 1. The predicted molar refractivity (Wildman–Crippen MR) is 104 cm³/mol. The van der Waals surface area contributed by atoms with Gasteiger partial charge in [-0.3, -0.25) is 4.99 Å². The highest BCUT2D eigenvalue weighted by atomic mass is 127. The average molecular weight is 437 g/mol. The maximum absolute atomic E-state index is 5.67. The van der Waals surface area contributed by atoms with Crippen molar-refractivity contribution in [2.24, 2.45) is 4.99 Å². The van der Waals surface area contributed by atoms with Crippen molar-refractivity contribution in [3.63, 3.8) is 0 Å². The van der Waals surface area contributed by atoms with Crippen LogP contribution in [-0.4, -0.2) is 53.0 Å². The summed E-state index contributed by atoms with van der Waals surface area (Å²) in [6.07, 6.45) is 0.910. The van der Waals surface area contributed by atoms with Gasteiger partial charge in [0.25, 0.3) is 0 Å². The SMILES string of the molecule is CCNC(=NCCCOC)NCCOc1cccc(OC)c1.I. The number of methoxy groups -OCH3 is 2. The number of hydrogen-bond acceptors (Lipinski definition) is 4. The molecule has 0 bridgehead atoms. The van der Waals surface area contributed by atoms with Crippen molar-refractivity contribution in [1.29, 1.82) is 0 Å². The number of nitrogens with one attached hydrogen (secondary N) is 2. The number of ether oxygens (including phenoxy) is 3. The van der Waals surface area contributed by atoms with Crippen molar-refractivity contribution >= 4 is 29.9 Å². The molecule has 132 valence electrons. The van der Waals surface area contributed by atoms with E-state index in [4.69, 9.17) is 14.2 Å². The Morgan fingerprint density at radius 1 is 1.13 bits per heavy atom. The standard InChI is InChI=1S/C16H27N3O3.HI/c1-4-17-16(18-9-6-11-20-2)19-10-12-22-15-8-5-7-14(13-15)21-3;/h5,7-8,13H,4,6,9-12H2,1-3H3,(H2,17,18,19);1H. The van der Waals surface area contributed by atoms with Gasteiger partial charge in [0, 0.05) is 32.9 Å². The summed E-state index contributed by atoms with van der Waals surface area (Å²) in [6.45, 7) is 5.55. The van der Waals surface area contributed by atoms with Crippen LogP contribution in [0.1, 0.15) is 13.3 Å². The lowest BCUT2D eigenvalue weighted by Gasteiger charge is -2.12. The number of nitrogens with zero attached hydrogens (tertiary/aromatic N) is 1. The molecule has 0 aliphatic carbocycles. The largest absolute Gasteiger partial charge is 0.497 e. The van der Waals surface area contributed by atoms with Gasteiger partial charge in [-0.05, 0) is 25.5 Å². The van der Waals surface area contributed by atoms with Gasteiger partial charge in [-0.25, -0.2) is 0 Å². The smallest absolute Gasteiger partial charge is 0.191 e. The Kier molecular flexibility index (Phi) is 13.6. The molecule has 0 radical (unpaired) electrons. The lowest BCUT2D eigenvalue weighted by Crippen LogP contribution is -2.39. The van der Waals surface area contributed by atoms with Crippen molar-refractivity contribution in [1.82, 2.24) is 10.6 Å². The quantitative estimate of drug-likeness (QED) is 0.255. The monoisotopic (exact) mass is 437 g/mol. The number of aliphatic imine (C=N–C) groups is 1. The fraction of sp³-hybridized carbons (Fsp3) is 0.562. The number of rotatable bonds is 10. The van der Waals surface area contributed by atoms with Crippen LogP contribution in [0.15, 0.2) is 29.3 Å². The molecule has 0 saturated carbocycles. The molecule has 0 spiro atoms. The normalized spacial score (nSPS) is 10.7. The number of halogens is 1. The number of guanidine groups is 1. The van der Waals surface area contributed by atoms with Gasteiger partial charge in [0.05, 0.1) is 13.7 Å². The Bertz CT molecular complexity index is 444. The van der Waals surface area contributed by atoms with Crippen molar-refractivity contribution < 1.29 is 14.2 Å². The minimum Gasteiger partial charge on any atom is -0.497 e. The molecule has 6 nitrogen and oxygen atoms in total. The summed E-state index contributed by atoms with van der Waals surface area (Å²) < 4.78 is 15.8. The topological polar surface area (TPSA) is 64.1 Å². The molecule has 1 rings (SSSR count). The zero-order valence-electron chi connectivity index (χ0n) is 14.1. The van der Waals surface area contributed by atoms with Crippen molar-refractivity contribution in [3.8, 4) is 11.5 Å². The van der Waals surface area contributed by atoms with Crippen LogP contribution >= 0.6 is 24.0 Å². The Balaban J connectivity index is 0.00000484. The second-order valence-electron chi connectivity index (χ2n) is 4.56. The molecule has 1 aromatic carbocycles. The first kappa shape index (κ1) is 21.8. The third kappa shape index (κ3) is 10.2. The van der Waals surface area contributed by atoms with E-state index in [2.05, 4.69) is 15.6 Å². The van der Waals surface area contributed by atoms with Crippen LogP contribution in [0.2, 0.25) is 0 Å². The summed E-state index contributed by atoms with van der Waals surface area (Å²) in [5, 5.41) is 6.44. The van der Waals surface area contributed by atoms with Crippen LogP contribution in [0.5, 0.6) is 11.5 Å². The Morgan fingerprint density at radius 2 is 1.91 bits per heavy atom. The van der Waals surface area contributed by atoms with E-state index in [1.807, 2.05) is 31.2 Å². The fourth-order valence-electron chi connectivity index (χ4n) is 1.77. The molecule has 1 aromatic rings. The van der Waals surface area contributed by atoms with Gasteiger partial charge in [0.1, 0.15) is 18.1 Å². The molecular weight excluding hydrogens is 409 g/mol. The van der Waals surface area contributed by atoms with E-state index in [0.29, 0.717) is 13.2 Å². The van der Waals surface area contributed by atoms with Gasteiger partial charge < -0.3 is 24.8 Å². The molecule has 0 amide bonds. The van der Waals surface area contributed by atoms with Crippen molar-refractivity contribution in [3.05, 3.63) is 24.3 Å². The molecule has 0 aromatic heterocycles. The summed E-state index contributed by atoms with van der Waals surface area (Å²) in [4.78, 5) is 4.46. The van der Waals surface area contributed by atoms with Gasteiger partial charge in [-0.1, -0.05) is 6.07 Å². The Hall–Kier alpha value is -1.22. The highest BCUT2D eigenvalue weighted by Crippen LogP contribution is 2.18. The van der Waals surface area contributed by atoms with E-state index >= 15 is 0 Å². The average Bonchev–Trinajstić information content (AvgIpc) is 2.55. The fourth-order valence-corrected chi connectivity index (χ4v) is 1.77. The van der Waals surface area contributed by atoms with E-state index in [1.165, 1.54) is 0 Å². The van der Waals surface area contributed by atoms with Crippen LogP contribution in [0.25, 0.3) is 0 Å². The molecule has 0 saturated heterocycles. The molecule has 0 aliphatic rings. The molecule has 0 atom stereocenters. The summed E-state index contributed by atoms with van der Waals surface area (Å²) in [5.74, 6) is 2.38. The lowest BCUT2D eigenvalue weighted by atomic mass is 10.3. The first-order valence-electron chi connectivity index (χ1n) is 7.58. The molecule has 0 fully saturated rings. The maximum Gasteiger partial charge on any atom is 0.191 e. The molecular formula is C16H28IN3O3. The lowest BCUT2D eigenvalue weighted by molar-refractivity contribution is 0.197. The highest BCUT2D eigenvalue weighted by Gasteiger charge is 1.99. The van der Waals surface area contributed by atoms with Crippen molar-refractivity contribution in [2.45, 2.75) is 13.3 Å². The van der Waals surface area contributed by atoms with E-state index < -0.39 is 0 Å². The maximum atomic E-state index is 5.67. The summed E-state index contributed by atoms with van der Waals surface area (Å²) in [7, 11) is 3.34. The van der Waals surface area contributed by atoms with Crippen LogP contribution in [0, 0.1) is 0 Å². The zero-order chi connectivity index (χ0) is 16.0. The van der Waals surface area contributed by atoms with Gasteiger partial charge >= 0.3 is 0 Å². The molecule has 23 heavy (non-hydrogen) atoms. The molecule has 0 unspecified atom stereocenters. The second-order valence-corrected chi connectivity index (χ2v) is 4.56. The van der Waals surface area contributed by atoms with Crippen LogP contribution in [-0.2, 0) is 4.74 Å². The summed E-state index contributed by atoms with van der Waals surface area (Å²) >= 11 is 0. The van der Waals surface area contributed by atoms with Gasteiger partial charge in [0.15, 0.2) is 5.96 Å². The summed E-state index contributed by atoms with van der Waals surface area (Å²) in [6, 6.07) is 7.57. The van der Waals surface area contributed by atoms with Crippen LogP contribution in [0.4, 0.5) is 0 Å². The van der Waals surface area contributed by atoms with E-state index in [9.17, 15) is 0 Å². The molecule has 2 N–H and O–H groups in total. The highest BCUT2D eigenvalue weighted by molar-refractivity contribution is 14.0. The predicted octanol–water partition coefficient (Wildman–Crippen LogP) is 2.28. The first-order valence-corrected chi connectivity index (χ1v) is 7.58. The third-order valence-corrected chi connectivity index (χ3v) is 2.83. The minimum absolute atomic E-state index is 0. The Labute approximate surface area is 156 Å². The Morgan fingerprint density at radius 3 is 2.61 bits per heavy atom. The van der Waals surface area contributed by atoms with E-state index in [1.54, 1.807) is 14.2 Å². The van der Waals surface area contributed by atoms with E-state index in [-0.39, 0.29) is 24.0 Å². The van der Waals surface area contributed by atoms with Gasteiger partial charge in [-0.2, -0.15) is 0 Å². The summed E-state index contributed by atoms with van der Waals surface area (Å²) in [5.41, 5.74) is 0. The molecule has 0 heterocycles. The zero-order valence-corrected chi connectivity index (χ0v) is 16.5. The van der Waals surface area contributed by atoms with Crippen molar-refractivity contribution in [2.75, 3.05) is 47.1 Å². The van der Waals surface area contributed by atoms with Crippen LogP contribution < -0.4 is 20.1 Å². The van der Waals surface area contributed by atoms with Gasteiger partial charge in [-0.15, -0.1) is 24.0 Å². The van der Waals surface area contributed by atoms with E-state index in [0.717, 1.165) is 43.6 Å².